The van der Waals surface area contributed by atoms with E-state index in [4.69, 9.17) is 14.2 Å². The second-order valence-electron chi connectivity index (χ2n) is 10.9. The van der Waals surface area contributed by atoms with Crippen molar-refractivity contribution in [2.75, 3.05) is 12.4 Å². The predicted molar refractivity (Wildman–Crippen MR) is 162 cm³/mol. The van der Waals surface area contributed by atoms with E-state index < -0.39 is 5.97 Å². The number of para-hydroxylation sites is 1. The molecule has 0 atom stereocenters. The smallest absolute Gasteiger partial charge is 0.308 e. The molecular formula is C35H34FNO4. The molecule has 1 heterocycles. The van der Waals surface area contributed by atoms with Crippen LogP contribution in [0, 0.1) is 12.7 Å². The SMILES string of the molecule is COc1ccccc1-c1ccc(OC(C)=O)c(-c2ccc3c(c2COc2cc(F)ccc2C)C(C)=CC(C)(C)N3)c1. The number of esters is 1. The molecule has 0 spiro atoms. The molecule has 41 heavy (non-hydrogen) atoms. The minimum Gasteiger partial charge on any atom is -0.496 e. The average Bonchev–Trinajstić information content (AvgIpc) is 2.92. The highest BCUT2D eigenvalue weighted by Gasteiger charge is 2.27. The summed E-state index contributed by atoms with van der Waals surface area (Å²) in [5.74, 6) is 0.871. The molecule has 1 aliphatic heterocycles. The summed E-state index contributed by atoms with van der Waals surface area (Å²) < 4.78 is 31.7. The highest BCUT2D eigenvalue weighted by Crippen LogP contribution is 2.44. The Morgan fingerprint density at radius 3 is 2.41 bits per heavy atom. The quantitative estimate of drug-likeness (QED) is 0.184. The number of halogens is 1. The van der Waals surface area contributed by atoms with Crippen LogP contribution in [0.25, 0.3) is 27.8 Å². The summed E-state index contributed by atoms with van der Waals surface area (Å²) in [7, 11) is 1.64. The Bertz CT molecular complexity index is 1670. The van der Waals surface area contributed by atoms with E-state index in [9.17, 15) is 9.18 Å². The highest BCUT2D eigenvalue weighted by molar-refractivity contribution is 5.90. The van der Waals surface area contributed by atoms with Crippen LogP contribution in [0.1, 0.15) is 44.4 Å². The largest absolute Gasteiger partial charge is 0.496 e. The van der Waals surface area contributed by atoms with Gasteiger partial charge in [-0.15, -0.1) is 0 Å². The fourth-order valence-electron chi connectivity index (χ4n) is 5.52. The van der Waals surface area contributed by atoms with Crippen LogP contribution >= 0.6 is 0 Å². The third kappa shape index (κ3) is 5.82. The first-order chi connectivity index (χ1) is 19.6. The molecule has 0 bridgehead atoms. The lowest BCUT2D eigenvalue weighted by Crippen LogP contribution is -2.32. The Kier molecular flexibility index (Phi) is 7.59. The molecule has 1 aliphatic rings. The molecule has 0 unspecified atom stereocenters. The van der Waals surface area contributed by atoms with E-state index in [-0.39, 0.29) is 18.0 Å². The van der Waals surface area contributed by atoms with Gasteiger partial charge in [0.1, 0.15) is 29.7 Å². The molecule has 1 N–H and O–H groups in total. The molecule has 0 fully saturated rings. The summed E-state index contributed by atoms with van der Waals surface area (Å²) in [4.78, 5) is 12.2. The van der Waals surface area contributed by atoms with Crippen LogP contribution in [-0.4, -0.2) is 18.6 Å². The zero-order valence-corrected chi connectivity index (χ0v) is 24.2. The van der Waals surface area contributed by atoms with Crippen LogP contribution < -0.4 is 19.5 Å². The number of fused-ring (bicyclic) bond motifs is 1. The Morgan fingerprint density at radius 2 is 1.66 bits per heavy atom. The van der Waals surface area contributed by atoms with Gasteiger partial charge in [-0.2, -0.15) is 0 Å². The van der Waals surface area contributed by atoms with Gasteiger partial charge in [-0.05, 0) is 80.3 Å². The van der Waals surface area contributed by atoms with E-state index in [2.05, 4.69) is 32.2 Å². The molecule has 5 nitrogen and oxygen atoms in total. The molecule has 0 aliphatic carbocycles. The number of benzene rings is 4. The van der Waals surface area contributed by atoms with Crippen molar-refractivity contribution in [3.63, 3.8) is 0 Å². The predicted octanol–water partition coefficient (Wildman–Crippen LogP) is 8.59. The van der Waals surface area contributed by atoms with Crippen LogP contribution in [0.3, 0.4) is 0 Å². The van der Waals surface area contributed by atoms with Crippen LogP contribution in [0.4, 0.5) is 10.1 Å². The monoisotopic (exact) mass is 551 g/mol. The third-order valence-corrected chi connectivity index (χ3v) is 7.21. The molecule has 6 heteroatoms. The van der Waals surface area contributed by atoms with Crippen molar-refractivity contribution >= 4 is 17.2 Å². The number of ether oxygens (including phenoxy) is 3. The second kappa shape index (κ2) is 11.1. The fourth-order valence-corrected chi connectivity index (χ4v) is 5.52. The maximum atomic E-state index is 14.1. The minimum atomic E-state index is -0.415. The van der Waals surface area contributed by atoms with Gasteiger partial charge in [0.05, 0.1) is 12.6 Å². The molecule has 0 aromatic heterocycles. The number of nitrogens with one attached hydrogen (secondary N) is 1. The molecule has 0 saturated heterocycles. The number of carbonyl (C=O) groups is 1. The Hall–Kier alpha value is -4.58. The lowest BCUT2D eigenvalue weighted by molar-refractivity contribution is -0.131. The van der Waals surface area contributed by atoms with E-state index in [1.165, 1.54) is 19.1 Å². The Morgan fingerprint density at radius 1 is 0.878 bits per heavy atom. The number of aryl methyl sites for hydroxylation is 1. The first-order valence-corrected chi connectivity index (χ1v) is 13.6. The molecule has 210 valence electrons. The van der Waals surface area contributed by atoms with E-state index in [0.717, 1.165) is 56.0 Å². The number of methoxy groups -OCH3 is 1. The Labute approximate surface area is 240 Å². The van der Waals surface area contributed by atoms with Gasteiger partial charge < -0.3 is 19.5 Å². The van der Waals surface area contributed by atoms with Crippen molar-refractivity contribution < 1.29 is 23.4 Å². The van der Waals surface area contributed by atoms with Crippen molar-refractivity contribution in [3.8, 4) is 39.5 Å². The summed E-state index contributed by atoms with van der Waals surface area (Å²) in [6, 6.07) is 22.1. The number of rotatable bonds is 7. The van der Waals surface area contributed by atoms with Crippen LogP contribution in [0.5, 0.6) is 17.2 Å². The third-order valence-electron chi connectivity index (χ3n) is 7.21. The van der Waals surface area contributed by atoms with Gasteiger partial charge in [0.25, 0.3) is 0 Å². The lowest BCUT2D eigenvalue weighted by atomic mass is 9.84. The van der Waals surface area contributed by atoms with Crippen LogP contribution in [0.2, 0.25) is 0 Å². The van der Waals surface area contributed by atoms with Gasteiger partial charge >= 0.3 is 5.97 Å². The molecule has 0 radical (unpaired) electrons. The van der Waals surface area contributed by atoms with Crippen molar-refractivity contribution in [2.24, 2.45) is 0 Å². The first-order valence-electron chi connectivity index (χ1n) is 13.6. The van der Waals surface area contributed by atoms with Crippen molar-refractivity contribution in [1.82, 2.24) is 0 Å². The zero-order valence-electron chi connectivity index (χ0n) is 24.2. The van der Waals surface area contributed by atoms with Gasteiger partial charge in [0, 0.05) is 40.9 Å². The first kappa shape index (κ1) is 28.0. The summed E-state index contributed by atoms with van der Waals surface area (Å²) in [6.45, 7) is 9.78. The number of carbonyl (C=O) groups excluding carboxylic acids is 1. The van der Waals surface area contributed by atoms with Crippen molar-refractivity contribution in [3.05, 3.63) is 101 Å². The molecule has 0 amide bonds. The normalized spacial score (nSPS) is 13.5. The van der Waals surface area contributed by atoms with Crippen LogP contribution in [0.15, 0.2) is 78.9 Å². The van der Waals surface area contributed by atoms with E-state index in [1.54, 1.807) is 13.2 Å². The molecule has 0 saturated carbocycles. The fraction of sp³-hybridized carbons (Fsp3) is 0.229. The highest BCUT2D eigenvalue weighted by atomic mass is 19.1. The summed E-state index contributed by atoms with van der Waals surface area (Å²) in [5, 5.41) is 3.61. The molecule has 4 aromatic rings. The maximum Gasteiger partial charge on any atom is 0.308 e. The Balaban J connectivity index is 1.73. The standard InChI is InChI=1S/C35H34FNO4/c1-21-11-13-25(36)18-33(21)40-20-29-27(14-15-30-34(29)22(2)19-35(4,5)37-30)28-17-24(12-16-32(28)41-23(3)38)26-9-7-8-10-31(26)39-6/h7-19,37H,20H2,1-6H3. The van der Waals surface area contributed by atoms with Gasteiger partial charge in [-0.25, -0.2) is 4.39 Å². The molecular weight excluding hydrogens is 517 g/mol. The van der Waals surface area contributed by atoms with E-state index >= 15 is 0 Å². The van der Waals surface area contributed by atoms with E-state index in [1.807, 2.05) is 61.5 Å². The van der Waals surface area contributed by atoms with Crippen LogP contribution in [-0.2, 0) is 11.4 Å². The number of anilines is 1. The number of hydrogen-bond donors (Lipinski definition) is 1. The second-order valence-corrected chi connectivity index (χ2v) is 10.9. The minimum absolute atomic E-state index is 0.175. The van der Waals surface area contributed by atoms with Gasteiger partial charge in [0.2, 0.25) is 0 Å². The number of hydrogen-bond acceptors (Lipinski definition) is 5. The maximum absolute atomic E-state index is 14.1. The molecule has 4 aromatic carbocycles. The topological polar surface area (TPSA) is 56.8 Å². The van der Waals surface area contributed by atoms with Crippen molar-refractivity contribution in [2.45, 2.75) is 46.8 Å². The zero-order chi connectivity index (χ0) is 29.3. The van der Waals surface area contributed by atoms with Gasteiger partial charge in [0.15, 0.2) is 0 Å². The molecule has 5 rings (SSSR count). The summed E-state index contributed by atoms with van der Waals surface area (Å²) in [5.41, 5.74) is 7.98. The van der Waals surface area contributed by atoms with Gasteiger partial charge in [-0.1, -0.05) is 42.5 Å². The average molecular weight is 552 g/mol. The van der Waals surface area contributed by atoms with Crippen molar-refractivity contribution in [1.29, 1.82) is 0 Å². The summed E-state index contributed by atoms with van der Waals surface area (Å²) >= 11 is 0. The van der Waals surface area contributed by atoms with Gasteiger partial charge in [-0.3, -0.25) is 4.79 Å². The summed E-state index contributed by atoms with van der Waals surface area (Å²) in [6.07, 6.45) is 2.19. The van der Waals surface area contributed by atoms with E-state index in [0.29, 0.717) is 11.5 Å². The number of allylic oxidation sites excluding steroid dienone is 1. The lowest BCUT2D eigenvalue weighted by Gasteiger charge is -2.33.